The first-order valence-electron chi connectivity index (χ1n) is 10.4. The maximum absolute atomic E-state index is 12.5. The Kier molecular flexibility index (Phi) is 5.83. The van der Waals surface area contributed by atoms with Crippen molar-refractivity contribution >= 4 is 26.5 Å². The van der Waals surface area contributed by atoms with Crippen molar-refractivity contribution in [2.24, 2.45) is 0 Å². The number of fused-ring (bicyclic) bond motifs is 1. The van der Waals surface area contributed by atoms with Crippen LogP contribution in [0.1, 0.15) is 43.7 Å². The van der Waals surface area contributed by atoms with E-state index in [0.717, 1.165) is 42.6 Å². The van der Waals surface area contributed by atoms with Gasteiger partial charge in [0.15, 0.2) is 21.8 Å². The van der Waals surface area contributed by atoms with Crippen molar-refractivity contribution in [3.05, 3.63) is 59.0 Å². The molecule has 4 heteroatoms. The summed E-state index contributed by atoms with van der Waals surface area (Å²) in [4.78, 5) is 13.7. The smallest absolute Gasteiger partial charge is 0.345 e. The number of hydrogen-bond acceptors (Lipinski definition) is 3. The summed E-state index contributed by atoms with van der Waals surface area (Å²) < 4.78 is 13.0. The molecule has 0 spiro atoms. The second-order valence-electron chi connectivity index (χ2n) is 7.90. The van der Waals surface area contributed by atoms with Gasteiger partial charge >= 0.3 is 5.97 Å². The second kappa shape index (κ2) is 8.53. The highest BCUT2D eigenvalue weighted by molar-refractivity contribution is 7.43. The molecule has 1 fully saturated rings. The normalized spacial score (nSPS) is 15.5. The molecule has 154 valence electrons. The van der Waals surface area contributed by atoms with Crippen molar-refractivity contribution in [3.63, 3.8) is 0 Å². The van der Waals surface area contributed by atoms with Gasteiger partial charge in [0.1, 0.15) is 11.1 Å². The van der Waals surface area contributed by atoms with Crippen LogP contribution in [0.25, 0.3) is 15.0 Å². The number of benzene rings is 2. The number of aryl methyl sites for hydroxylation is 2. The molecule has 1 atom stereocenters. The zero-order valence-corrected chi connectivity index (χ0v) is 18.6. The fourth-order valence-corrected chi connectivity index (χ4v) is 6.37. The van der Waals surface area contributed by atoms with Crippen LogP contribution in [0.5, 0.6) is 5.75 Å². The molecule has 1 aliphatic rings. The summed E-state index contributed by atoms with van der Waals surface area (Å²) in [6.07, 6.45) is 3.71. The fourth-order valence-electron chi connectivity index (χ4n) is 4.31. The Morgan fingerprint density at radius 2 is 1.80 bits per heavy atom. The van der Waals surface area contributed by atoms with E-state index >= 15 is 0 Å². The summed E-state index contributed by atoms with van der Waals surface area (Å²) in [5.41, 5.74) is 1.45. The number of rotatable bonds is 5. The van der Waals surface area contributed by atoms with Crippen LogP contribution in [0, 0.1) is 25.7 Å². The Labute approximate surface area is 181 Å². The Hall–Kier alpha value is -2.77. The molecule has 4 rings (SSSR count). The van der Waals surface area contributed by atoms with Crippen molar-refractivity contribution in [3.8, 4) is 22.5 Å². The van der Waals surface area contributed by atoms with Crippen molar-refractivity contribution < 1.29 is 14.3 Å². The average Bonchev–Trinajstić information content (AvgIpc) is 3.34. The number of thiophene rings is 1. The lowest BCUT2D eigenvalue weighted by Gasteiger charge is -2.23. The molecule has 1 saturated carbocycles. The van der Waals surface area contributed by atoms with E-state index < -0.39 is 5.60 Å². The maximum Gasteiger partial charge on any atom is 0.345 e. The molecule has 1 aliphatic carbocycles. The molecule has 0 saturated heterocycles. The van der Waals surface area contributed by atoms with Crippen LogP contribution in [0.2, 0.25) is 0 Å². The molecule has 0 N–H and O–H groups in total. The van der Waals surface area contributed by atoms with E-state index in [-0.39, 0.29) is 23.0 Å². The molecule has 3 aromatic rings. The lowest BCUT2D eigenvalue weighted by atomic mass is 10.0. The lowest BCUT2D eigenvalue weighted by Crippen LogP contribution is -2.32. The predicted molar refractivity (Wildman–Crippen MR) is 123 cm³/mol. The van der Waals surface area contributed by atoms with Crippen molar-refractivity contribution in [2.45, 2.75) is 52.1 Å². The summed E-state index contributed by atoms with van der Waals surface area (Å²) in [6.45, 7) is 5.76. The summed E-state index contributed by atoms with van der Waals surface area (Å²) in [5.74, 6) is 6.43. The van der Waals surface area contributed by atoms with Crippen LogP contribution in [-0.2, 0) is 9.53 Å². The van der Waals surface area contributed by atoms with Gasteiger partial charge in [-0.3, -0.25) is 0 Å². The predicted octanol–water partition coefficient (Wildman–Crippen LogP) is 6.45. The Morgan fingerprint density at radius 1 is 1.10 bits per heavy atom. The molecule has 0 aliphatic heterocycles. The number of carbonyl (C=O) groups is 1. The minimum atomic E-state index is -0.619. The van der Waals surface area contributed by atoms with Gasteiger partial charge in [0.05, 0.1) is 0 Å². The minimum Gasteiger partial charge on any atom is -0.481 e. The van der Waals surface area contributed by atoms with E-state index in [4.69, 9.17) is 9.47 Å². The van der Waals surface area contributed by atoms with Gasteiger partial charge in [0.25, 0.3) is 0 Å². The van der Waals surface area contributed by atoms with Gasteiger partial charge < -0.3 is 9.47 Å². The van der Waals surface area contributed by atoms with Gasteiger partial charge in [0, 0.05) is 34.1 Å². The van der Waals surface area contributed by atoms with Crippen LogP contribution in [0.3, 0.4) is 0 Å². The van der Waals surface area contributed by atoms with Crippen LogP contribution in [0.15, 0.2) is 47.8 Å². The SMILES string of the molecule is CC#CC1(OC(=O)COc2c(C)cc(-[s+]3ccc4ccccc43)cc2C)CCCC1. The van der Waals surface area contributed by atoms with Gasteiger partial charge in [-0.1, -0.05) is 18.1 Å². The summed E-state index contributed by atoms with van der Waals surface area (Å²) in [5, 5.41) is 3.56. The standard InChI is InChI=1S/C26H27O3S/c1-4-12-26(13-7-8-14-26)29-24(27)18-28-25-19(2)16-22(17-20(25)3)30-15-11-21-9-5-6-10-23(21)30/h5-6,9-11,15-17H,7-8,13-14,18H2,1-3H3/q+1. The van der Waals surface area contributed by atoms with E-state index in [1.165, 1.54) is 15.0 Å². The van der Waals surface area contributed by atoms with Crippen molar-refractivity contribution in [1.29, 1.82) is 0 Å². The molecular formula is C26H27O3S+. The van der Waals surface area contributed by atoms with Gasteiger partial charge in [-0.25, -0.2) is 4.79 Å². The van der Waals surface area contributed by atoms with Crippen LogP contribution < -0.4 is 4.74 Å². The first-order valence-corrected chi connectivity index (χ1v) is 11.7. The molecule has 0 radical (unpaired) electrons. The van der Waals surface area contributed by atoms with Gasteiger partial charge in [-0.05, 0) is 69.7 Å². The Morgan fingerprint density at radius 3 is 2.50 bits per heavy atom. The maximum atomic E-state index is 12.5. The summed E-state index contributed by atoms with van der Waals surface area (Å²) >= 11 is 0. The lowest BCUT2D eigenvalue weighted by molar-refractivity contribution is -0.156. The number of ether oxygens (including phenoxy) is 2. The van der Waals surface area contributed by atoms with Crippen molar-refractivity contribution in [1.82, 2.24) is 0 Å². The van der Waals surface area contributed by atoms with Crippen LogP contribution in [0.4, 0.5) is 0 Å². The quantitative estimate of drug-likeness (QED) is 0.271. The molecule has 2 aromatic carbocycles. The monoisotopic (exact) mass is 419 g/mol. The molecule has 1 aromatic heterocycles. The average molecular weight is 420 g/mol. The van der Waals surface area contributed by atoms with Crippen LogP contribution >= 0.6 is 10.5 Å². The molecule has 0 amide bonds. The molecule has 1 heterocycles. The van der Waals surface area contributed by atoms with E-state index in [2.05, 4.69) is 59.7 Å². The summed E-state index contributed by atoms with van der Waals surface area (Å²) in [7, 11) is -0.0615. The number of hydrogen-bond donors (Lipinski definition) is 0. The number of esters is 1. The zero-order chi connectivity index (χ0) is 21.1. The first kappa shape index (κ1) is 20.5. The molecule has 30 heavy (non-hydrogen) atoms. The van der Waals surface area contributed by atoms with Crippen LogP contribution in [-0.4, -0.2) is 18.2 Å². The van der Waals surface area contributed by atoms with E-state index in [1.807, 2.05) is 13.8 Å². The largest absolute Gasteiger partial charge is 0.481 e. The highest BCUT2D eigenvalue weighted by Crippen LogP contribution is 2.42. The Bertz CT molecular complexity index is 1120. The second-order valence-corrected chi connectivity index (χ2v) is 9.76. The third kappa shape index (κ3) is 4.08. The first-order chi connectivity index (χ1) is 14.5. The van der Waals surface area contributed by atoms with E-state index in [1.54, 1.807) is 6.92 Å². The molecular weight excluding hydrogens is 392 g/mol. The minimum absolute atomic E-state index is 0.0615. The van der Waals surface area contributed by atoms with Gasteiger partial charge in [-0.15, -0.1) is 5.92 Å². The third-order valence-electron chi connectivity index (χ3n) is 5.63. The third-order valence-corrected chi connectivity index (χ3v) is 7.63. The van der Waals surface area contributed by atoms with E-state index in [0.29, 0.717) is 0 Å². The number of carbonyl (C=O) groups excluding carboxylic acids is 1. The molecule has 1 unspecified atom stereocenters. The zero-order valence-electron chi connectivity index (χ0n) is 17.8. The topological polar surface area (TPSA) is 35.5 Å². The fraction of sp³-hybridized carbons (Fsp3) is 0.346. The van der Waals surface area contributed by atoms with Crippen molar-refractivity contribution in [2.75, 3.05) is 6.61 Å². The Balaban J connectivity index is 1.50. The van der Waals surface area contributed by atoms with Gasteiger partial charge in [0.2, 0.25) is 0 Å². The molecule has 3 nitrogen and oxygen atoms in total. The van der Waals surface area contributed by atoms with Gasteiger partial charge in [-0.2, -0.15) is 0 Å². The highest BCUT2D eigenvalue weighted by atomic mass is 32.2. The highest BCUT2D eigenvalue weighted by Gasteiger charge is 2.36. The summed E-state index contributed by atoms with van der Waals surface area (Å²) in [6, 6.07) is 15.1. The van der Waals surface area contributed by atoms with E-state index in [9.17, 15) is 4.79 Å². The molecule has 0 bridgehead atoms.